The molecule has 0 N–H and O–H groups in total. The van der Waals surface area contributed by atoms with Gasteiger partial charge in [-0.3, -0.25) is 0 Å². The van der Waals surface area contributed by atoms with Gasteiger partial charge in [-0.15, -0.1) is 0 Å². The fourth-order valence-corrected chi connectivity index (χ4v) is 3.28. The van der Waals surface area contributed by atoms with Crippen LogP contribution in [0.2, 0.25) is 5.02 Å². The smallest absolute Gasteiger partial charge is 0.177 e. The van der Waals surface area contributed by atoms with E-state index in [0.29, 0.717) is 5.02 Å². The van der Waals surface area contributed by atoms with Crippen LogP contribution < -0.4 is 0 Å². The highest BCUT2D eigenvalue weighted by atomic mass is 35.5. The quantitative estimate of drug-likeness (QED) is 0.256. The van der Waals surface area contributed by atoms with Crippen LogP contribution in [-0.2, 0) is 4.84 Å². The number of benzene rings is 4. The first-order valence-electron chi connectivity index (χ1n) is 9.46. The first-order chi connectivity index (χ1) is 14.3. The fourth-order valence-electron chi connectivity index (χ4n) is 3.15. The van der Waals surface area contributed by atoms with Crippen LogP contribution in [0.1, 0.15) is 28.4 Å². The minimum atomic E-state index is -0.302. The molecule has 0 saturated carbocycles. The van der Waals surface area contributed by atoms with Crippen LogP contribution in [0.4, 0.5) is 0 Å². The van der Waals surface area contributed by atoms with Crippen LogP contribution >= 0.6 is 11.6 Å². The van der Waals surface area contributed by atoms with E-state index in [9.17, 15) is 0 Å². The summed E-state index contributed by atoms with van der Waals surface area (Å²) in [6.45, 7) is 0. The molecule has 0 aliphatic rings. The molecular formula is C26H20ClNO. The highest BCUT2D eigenvalue weighted by molar-refractivity contribution is 6.30. The Labute approximate surface area is 176 Å². The minimum absolute atomic E-state index is 0.302. The van der Waals surface area contributed by atoms with Crippen LogP contribution in [0, 0.1) is 0 Å². The Morgan fingerprint density at radius 2 is 1.03 bits per heavy atom. The monoisotopic (exact) mass is 397 g/mol. The molecule has 0 spiro atoms. The van der Waals surface area contributed by atoms with Gasteiger partial charge >= 0.3 is 0 Å². The second-order valence-corrected chi connectivity index (χ2v) is 7.06. The van der Waals surface area contributed by atoms with E-state index in [1.807, 2.05) is 91.0 Å². The van der Waals surface area contributed by atoms with E-state index in [1.165, 1.54) is 0 Å². The number of hydrogen-bond donors (Lipinski definition) is 0. The molecule has 0 saturated heterocycles. The van der Waals surface area contributed by atoms with Gasteiger partial charge in [0.15, 0.2) is 6.10 Å². The van der Waals surface area contributed by atoms with Crippen LogP contribution in [0.15, 0.2) is 120 Å². The summed E-state index contributed by atoms with van der Waals surface area (Å²) >= 11 is 6.08. The van der Waals surface area contributed by atoms with Crippen molar-refractivity contribution in [3.05, 3.63) is 143 Å². The number of halogens is 1. The van der Waals surface area contributed by atoms with Gasteiger partial charge in [0.2, 0.25) is 0 Å². The molecule has 0 fully saturated rings. The summed E-state index contributed by atoms with van der Waals surface area (Å²) in [7, 11) is 0. The van der Waals surface area contributed by atoms with Gasteiger partial charge in [0.1, 0.15) is 5.71 Å². The lowest BCUT2D eigenvalue weighted by Crippen LogP contribution is -2.08. The van der Waals surface area contributed by atoms with Crippen LogP contribution in [0.5, 0.6) is 0 Å². The summed E-state index contributed by atoms with van der Waals surface area (Å²) in [4.78, 5) is 6.17. The number of rotatable bonds is 6. The molecule has 3 heteroatoms. The van der Waals surface area contributed by atoms with Crippen molar-refractivity contribution in [3.8, 4) is 0 Å². The van der Waals surface area contributed by atoms with Gasteiger partial charge in [-0.05, 0) is 23.3 Å². The summed E-state index contributed by atoms with van der Waals surface area (Å²) in [5, 5.41) is 5.31. The van der Waals surface area contributed by atoms with Crippen molar-refractivity contribution in [1.82, 2.24) is 0 Å². The zero-order chi connectivity index (χ0) is 19.9. The van der Waals surface area contributed by atoms with Gasteiger partial charge in [-0.25, -0.2) is 0 Å². The Morgan fingerprint density at radius 3 is 1.55 bits per heavy atom. The second kappa shape index (κ2) is 9.22. The van der Waals surface area contributed by atoms with Crippen molar-refractivity contribution in [3.63, 3.8) is 0 Å². The number of hydrogen-bond acceptors (Lipinski definition) is 2. The molecule has 0 aliphatic carbocycles. The molecule has 4 rings (SSSR count). The van der Waals surface area contributed by atoms with Crippen molar-refractivity contribution in [1.29, 1.82) is 0 Å². The van der Waals surface area contributed by atoms with E-state index in [-0.39, 0.29) is 6.10 Å². The molecule has 0 aromatic heterocycles. The molecule has 0 aliphatic heterocycles. The number of oxime groups is 1. The predicted octanol–water partition coefficient (Wildman–Crippen LogP) is 6.90. The average molecular weight is 398 g/mol. The zero-order valence-corrected chi connectivity index (χ0v) is 16.5. The van der Waals surface area contributed by atoms with Gasteiger partial charge in [-0.2, -0.15) is 0 Å². The van der Waals surface area contributed by atoms with Crippen molar-refractivity contribution >= 4 is 17.3 Å². The van der Waals surface area contributed by atoms with Gasteiger partial charge in [0.25, 0.3) is 0 Å². The minimum Gasteiger partial charge on any atom is -0.382 e. The largest absolute Gasteiger partial charge is 0.382 e. The third kappa shape index (κ3) is 4.74. The Morgan fingerprint density at radius 1 is 0.586 bits per heavy atom. The van der Waals surface area contributed by atoms with E-state index in [1.54, 1.807) is 0 Å². The molecule has 0 amide bonds. The van der Waals surface area contributed by atoms with E-state index in [4.69, 9.17) is 16.4 Å². The average Bonchev–Trinajstić information content (AvgIpc) is 2.79. The lowest BCUT2D eigenvalue weighted by molar-refractivity contribution is 0.0877. The molecule has 0 bridgehead atoms. The Bertz CT molecular complexity index is 1020. The molecule has 2 nitrogen and oxygen atoms in total. The summed E-state index contributed by atoms with van der Waals surface area (Å²) in [5.41, 5.74) is 4.78. The van der Waals surface area contributed by atoms with Crippen molar-refractivity contribution in [2.45, 2.75) is 6.10 Å². The summed E-state index contributed by atoms with van der Waals surface area (Å²) in [6.07, 6.45) is -0.302. The Kier molecular flexibility index (Phi) is 6.04. The second-order valence-electron chi connectivity index (χ2n) is 6.62. The normalized spacial score (nSPS) is 11.4. The number of nitrogens with zero attached hydrogens (tertiary/aromatic N) is 1. The molecule has 29 heavy (non-hydrogen) atoms. The van der Waals surface area contributed by atoms with Crippen LogP contribution in [0.3, 0.4) is 0 Å². The Balaban J connectivity index is 1.75. The molecule has 0 unspecified atom stereocenters. The highest BCUT2D eigenvalue weighted by Crippen LogP contribution is 2.27. The molecule has 142 valence electrons. The van der Waals surface area contributed by atoms with E-state index >= 15 is 0 Å². The molecule has 4 aromatic rings. The topological polar surface area (TPSA) is 21.6 Å². The SMILES string of the molecule is Clc1ccc(/C(=N\OC(c2ccccc2)c2ccccc2)c2ccccc2)cc1. The van der Waals surface area contributed by atoms with Gasteiger partial charge in [0, 0.05) is 16.1 Å². The Hall–Kier alpha value is -3.36. The summed E-state index contributed by atoms with van der Waals surface area (Å²) in [6, 6.07) is 37.9. The lowest BCUT2D eigenvalue weighted by Gasteiger charge is -2.17. The van der Waals surface area contributed by atoms with Crippen LogP contribution in [-0.4, -0.2) is 5.71 Å². The first-order valence-corrected chi connectivity index (χ1v) is 9.84. The predicted molar refractivity (Wildman–Crippen MR) is 119 cm³/mol. The standard InChI is InChI=1S/C26H20ClNO/c27-24-18-16-21(17-19-24)25(20-10-4-1-5-11-20)28-29-26(22-12-6-2-7-13-22)23-14-8-3-9-15-23/h1-19,26H/b28-25-. The first kappa shape index (κ1) is 19.0. The summed E-state index contributed by atoms with van der Waals surface area (Å²) in [5.74, 6) is 0. The third-order valence-electron chi connectivity index (χ3n) is 4.62. The van der Waals surface area contributed by atoms with E-state index in [2.05, 4.69) is 29.4 Å². The molecule has 0 atom stereocenters. The van der Waals surface area contributed by atoms with Crippen molar-refractivity contribution < 1.29 is 4.84 Å². The highest BCUT2D eigenvalue weighted by Gasteiger charge is 2.16. The maximum atomic E-state index is 6.17. The molecule has 0 radical (unpaired) electrons. The summed E-state index contributed by atoms with van der Waals surface area (Å²) < 4.78 is 0. The van der Waals surface area contributed by atoms with E-state index < -0.39 is 0 Å². The maximum Gasteiger partial charge on any atom is 0.177 e. The van der Waals surface area contributed by atoms with Gasteiger partial charge in [-0.1, -0.05) is 120 Å². The van der Waals surface area contributed by atoms with E-state index in [0.717, 1.165) is 28.0 Å². The van der Waals surface area contributed by atoms with Crippen LogP contribution in [0.25, 0.3) is 0 Å². The van der Waals surface area contributed by atoms with Crippen molar-refractivity contribution in [2.75, 3.05) is 0 Å². The third-order valence-corrected chi connectivity index (χ3v) is 4.87. The molecule has 0 heterocycles. The van der Waals surface area contributed by atoms with Gasteiger partial charge < -0.3 is 4.84 Å². The molecular weight excluding hydrogens is 378 g/mol. The zero-order valence-electron chi connectivity index (χ0n) is 15.8. The molecule has 4 aromatic carbocycles. The van der Waals surface area contributed by atoms with Crippen molar-refractivity contribution in [2.24, 2.45) is 5.16 Å². The fraction of sp³-hybridized carbons (Fsp3) is 0.0385. The van der Waals surface area contributed by atoms with Gasteiger partial charge in [0.05, 0.1) is 0 Å². The maximum absolute atomic E-state index is 6.17. The lowest BCUT2D eigenvalue weighted by atomic mass is 10.0.